The molecule has 0 unspecified atom stereocenters. The van der Waals surface area contributed by atoms with Crippen molar-refractivity contribution < 1.29 is 0 Å². The summed E-state index contributed by atoms with van der Waals surface area (Å²) in [4.78, 5) is 5.22. The van der Waals surface area contributed by atoms with E-state index >= 15 is 0 Å². The summed E-state index contributed by atoms with van der Waals surface area (Å²) in [5.74, 6) is 0.782. The molecule has 3 nitrogen and oxygen atoms in total. The highest BCUT2D eigenvalue weighted by molar-refractivity contribution is 5.33. The fourth-order valence-corrected chi connectivity index (χ4v) is 3.54. The molecular formula is C18H29N3. The Morgan fingerprint density at radius 3 is 2.57 bits per heavy atom. The first-order chi connectivity index (χ1) is 10.2. The van der Waals surface area contributed by atoms with Gasteiger partial charge in [0.2, 0.25) is 0 Å². The van der Waals surface area contributed by atoms with Crippen molar-refractivity contribution in [3.8, 4) is 0 Å². The highest BCUT2D eigenvalue weighted by Gasteiger charge is 2.18. The average molecular weight is 287 g/mol. The van der Waals surface area contributed by atoms with E-state index in [1.54, 1.807) is 5.56 Å². The zero-order valence-electron chi connectivity index (χ0n) is 13.6. The third-order valence-electron chi connectivity index (χ3n) is 4.65. The lowest BCUT2D eigenvalue weighted by molar-refractivity contribution is 0.117. The number of rotatable bonds is 4. The molecule has 0 spiro atoms. The molecule has 0 radical (unpaired) electrons. The van der Waals surface area contributed by atoms with Crippen molar-refractivity contribution in [2.75, 3.05) is 39.3 Å². The molecule has 1 aromatic rings. The quantitative estimate of drug-likeness (QED) is 0.915. The summed E-state index contributed by atoms with van der Waals surface area (Å²) in [6.45, 7) is 14.0. The SMILES string of the molecule is CC(C)CN1CCN(Cc2ccc3c(c2)CNCC3)CC1. The predicted octanol–water partition coefficient (Wildman–Crippen LogP) is 2.11. The summed E-state index contributed by atoms with van der Waals surface area (Å²) in [7, 11) is 0. The van der Waals surface area contributed by atoms with Crippen LogP contribution in [0.1, 0.15) is 30.5 Å². The van der Waals surface area contributed by atoms with E-state index < -0.39 is 0 Å². The molecular weight excluding hydrogens is 258 g/mol. The van der Waals surface area contributed by atoms with Gasteiger partial charge in [0.25, 0.3) is 0 Å². The van der Waals surface area contributed by atoms with Crippen LogP contribution in [0.5, 0.6) is 0 Å². The molecule has 0 aromatic heterocycles. The van der Waals surface area contributed by atoms with Crippen molar-refractivity contribution in [2.45, 2.75) is 33.4 Å². The van der Waals surface area contributed by atoms with Gasteiger partial charge in [0.05, 0.1) is 0 Å². The van der Waals surface area contributed by atoms with Crippen molar-refractivity contribution in [3.63, 3.8) is 0 Å². The molecule has 2 aliphatic rings. The second-order valence-corrected chi connectivity index (χ2v) is 7.00. The Morgan fingerprint density at radius 1 is 1.05 bits per heavy atom. The minimum absolute atomic E-state index is 0.782. The van der Waals surface area contributed by atoms with Gasteiger partial charge in [-0.15, -0.1) is 0 Å². The smallest absolute Gasteiger partial charge is 0.0234 e. The van der Waals surface area contributed by atoms with Crippen LogP contribution in [0.2, 0.25) is 0 Å². The molecule has 1 N–H and O–H groups in total. The maximum absolute atomic E-state index is 3.48. The third kappa shape index (κ3) is 4.06. The molecule has 0 saturated carbocycles. The van der Waals surface area contributed by atoms with Crippen LogP contribution < -0.4 is 5.32 Å². The molecule has 3 rings (SSSR count). The summed E-state index contributed by atoms with van der Waals surface area (Å²) in [5.41, 5.74) is 4.53. The van der Waals surface area contributed by atoms with Crippen molar-refractivity contribution in [1.29, 1.82) is 0 Å². The number of fused-ring (bicyclic) bond motifs is 1. The fourth-order valence-electron chi connectivity index (χ4n) is 3.54. The summed E-state index contributed by atoms with van der Waals surface area (Å²) >= 11 is 0. The Hall–Kier alpha value is -0.900. The van der Waals surface area contributed by atoms with Crippen LogP contribution in [0.15, 0.2) is 18.2 Å². The Bertz CT molecular complexity index is 462. The molecule has 1 aromatic carbocycles. The van der Waals surface area contributed by atoms with Gasteiger partial charge in [0.15, 0.2) is 0 Å². The minimum Gasteiger partial charge on any atom is -0.312 e. The van der Waals surface area contributed by atoms with Gasteiger partial charge in [-0.3, -0.25) is 4.90 Å². The van der Waals surface area contributed by atoms with Crippen LogP contribution in [0, 0.1) is 5.92 Å². The standard InChI is InChI=1S/C18H29N3/c1-15(2)13-20-7-9-21(10-8-20)14-16-3-4-17-5-6-19-12-18(17)11-16/h3-4,11,15,19H,5-10,12-14H2,1-2H3. The molecule has 21 heavy (non-hydrogen) atoms. The molecule has 0 amide bonds. The van der Waals surface area contributed by atoms with E-state index in [0.29, 0.717) is 0 Å². The van der Waals surface area contributed by atoms with E-state index in [9.17, 15) is 0 Å². The second kappa shape index (κ2) is 6.91. The molecule has 0 aliphatic carbocycles. The van der Waals surface area contributed by atoms with E-state index in [1.807, 2.05) is 0 Å². The third-order valence-corrected chi connectivity index (χ3v) is 4.65. The predicted molar refractivity (Wildman–Crippen MR) is 88.4 cm³/mol. The monoisotopic (exact) mass is 287 g/mol. The summed E-state index contributed by atoms with van der Waals surface area (Å²) in [5, 5.41) is 3.48. The molecule has 1 fully saturated rings. The van der Waals surface area contributed by atoms with Crippen LogP contribution in [-0.2, 0) is 19.5 Å². The maximum atomic E-state index is 3.48. The fraction of sp³-hybridized carbons (Fsp3) is 0.667. The number of nitrogens with one attached hydrogen (secondary N) is 1. The van der Waals surface area contributed by atoms with Crippen molar-refractivity contribution >= 4 is 0 Å². The highest BCUT2D eigenvalue weighted by atomic mass is 15.3. The summed E-state index contributed by atoms with van der Waals surface area (Å²) in [6.07, 6.45) is 1.18. The Balaban J connectivity index is 1.53. The van der Waals surface area contributed by atoms with E-state index in [4.69, 9.17) is 0 Å². The van der Waals surface area contributed by atoms with E-state index in [-0.39, 0.29) is 0 Å². The van der Waals surface area contributed by atoms with E-state index in [2.05, 4.69) is 47.2 Å². The van der Waals surface area contributed by atoms with Crippen LogP contribution in [0.25, 0.3) is 0 Å². The average Bonchev–Trinajstić information content (AvgIpc) is 2.49. The van der Waals surface area contributed by atoms with Gasteiger partial charge in [0.1, 0.15) is 0 Å². The van der Waals surface area contributed by atoms with Crippen LogP contribution in [0.3, 0.4) is 0 Å². The van der Waals surface area contributed by atoms with Crippen molar-refractivity contribution in [2.24, 2.45) is 5.92 Å². The van der Waals surface area contributed by atoms with Crippen molar-refractivity contribution in [3.05, 3.63) is 34.9 Å². The number of benzene rings is 1. The normalized spacial score (nSPS) is 20.7. The molecule has 0 atom stereocenters. The Morgan fingerprint density at radius 2 is 1.81 bits per heavy atom. The first-order valence-electron chi connectivity index (χ1n) is 8.47. The first kappa shape index (κ1) is 15.0. The van der Waals surface area contributed by atoms with Crippen LogP contribution >= 0.6 is 0 Å². The van der Waals surface area contributed by atoms with Gasteiger partial charge in [-0.25, -0.2) is 0 Å². The lowest BCUT2D eigenvalue weighted by Gasteiger charge is -2.35. The lowest BCUT2D eigenvalue weighted by atomic mass is 9.98. The lowest BCUT2D eigenvalue weighted by Crippen LogP contribution is -2.46. The Labute approximate surface area is 129 Å². The molecule has 3 heteroatoms. The summed E-state index contributed by atoms with van der Waals surface area (Å²) in [6, 6.07) is 7.10. The number of nitrogens with zero attached hydrogens (tertiary/aromatic N) is 2. The van der Waals surface area contributed by atoms with Crippen molar-refractivity contribution in [1.82, 2.24) is 15.1 Å². The van der Waals surface area contributed by atoms with E-state index in [1.165, 1.54) is 50.3 Å². The number of hydrogen-bond acceptors (Lipinski definition) is 3. The molecule has 1 saturated heterocycles. The van der Waals surface area contributed by atoms with Crippen LogP contribution in [-0.4, -0.2) is 49.1 Å². The molecule has 116 valence electrons. The van der Waals surface area contributed by atoms with Crippen LogP contribution in [0.4, 0.5) is 0 Å². The number of piperazine rings is 1. The zero-order chi connectivity index (χ0) is 14.7. The number of hydrogen-bond donors (Lipinski definition) is 1. The minimum atomic E-state index is 0.782. The van der Waals surface area contributed by atoms with Gasteiger partial charge >= 0.3 is 0 Å². The van der Waals surface area contributed by atoms with Gasteiger partial charge in [-0.05, 0) is 35.6 Å². The second-order valence-electron chi connectivity index (χ2n) is 7.00. The molecule has 2 aliphatic heterocycles. The Kier molecular flexibility index (Phi) is 4.94. The van der Waals surface area contributed by atoms with Gasteiger partial charge in [0, 0.05) is 45.8 Å². The van der Waals surface area contributed by atoms with Gasteiger partial charge < -0.3 is 10.2 Å². The topological polar surface area (TPSA) is 18.5 Å². The zero-order valence-corrected chi connectivity index (χ0v) is 13.6. The summed E-state index contributed by atoms with van der Waals surface area (Å²) < 4.78 is 0. The van der Waals surface area contributed by atoms with E-state index in [0.717, 1.165) is 25.6 Å². The van der Waals surface area contributed by atoms with Gasteiger partial charge in [-0.1, -0.05) is 32.0 Å². The highest BCUT2D eigenvalue weighted by Crippen LogP contribution is 2.17. The first-order valence-corrected chi connectivity index (χ1v) is 8.47. The van der Waals surface area contributed by atoms with Gasteiger partial charge in [-0.2, -0.15) is 0 Å². The molecule has 0 bridgehead atoms. The molecule has 2 heterocycles. The maximum Gasteiger partial charge on any atom is 0.0234 e. The largest absolute Gasteiger partial charge is 0.312 e.